The van der Waals surface area contributed by atoms with E-state index in [4.69, 9.17) is 0 Å². The fourth-order valence-electron chi connectivity index (χ4n) is 2.39. The number of benzene rings is 2. The van der Waals surface area contributed by atoms with E-state index >= 15 is 0 Å². The average molecular weight is 423 g/mol. The number of aryl methyl sites for hydroxylation is 1. The van der Waals surface area contributed by atoms with Crippen LogP contribution in [0.5, 0.6) is 0 Å². The second-order valence-corrected chi connectivity index (χ2v) is 6.98. The van der Waals surface area contributed by atoms with Crippen molar-refractivity contribution in [2.45, 2.75) is 37.5 Å². The predicted octanol–water partition coefficient (Wildman–Crippen LogP) is 7.34. The van der Waals surface area contributed by atoms with Gasteiger partial charge in [-0.1, -0.05) is 19.1 Å². The highest BCUT2D eigenvalue weighted by atomic mass is 32.2. The summed E-state index contributed by atoms with van der Waals surface area (Å²) in [5, 5.41) is 0. The molecule has 0 saturated carbocycles. The number of aliphatic imine (C=N–C) groups is 1. The zero-order valence-corrected chi connectivity index (χ0v) is 15.7. The monoisotopic (exact) mass is 423 g/mol. The summed E-state index contributed by atoms with van der Waals surface area (Å²) in [6.07, 6.45) is -8.55. The van der Waals surface area contributed by atoms with Gasteiger partial charge in [0.1, 0.15) is 11.5 Å². The number of hydrogen-bond acceptors (Lipinski definition) is 2. The molecule has 0 bridgehead atoms. The minimum atomic E-state index is -4.48. The van der Waals surface area contributed by atoms with E-state index in [-0.39, 0.29) is 10.6 Å². The molecule has 0 radical (unpaired) electrons. The number of halogens is 7. The molecule has 0 spiro atoms. The number of hydrogen-bond donors (Lipinski definition) is 0. The third-order valence-electron chi connectivity index (χ3n) is 3.77. The van der Waals surface area contributed by atoms with Crippen LogP contribution in [0.15, 0.2) is 46.3 Å². The average Bonchev–Trinajstić information content (AvgIpc) is 2.59. The number of nitrogens with zero attached hydrogens (tertiary/aromatic N) is 1. The lowest BCUT2D eigenvalue weighted by molar-refractivity contribution is -0.137. The van der Waals surface area contributed by atoms with Crippen LogP contribution in [0, 0.1) is 12.7 Å². The van der Waals surface area contributed by atoms with Crippen molar-refractivity contribution >= 4 is 23.2 Å². The van der Waals surface area contributed by atoms with E-state index in [1.807, 2.05) is 0 Å². The van der Waals surface area contributed by atoms with Crippen LogP contribution in [0.25, 0.3) is 0 Å². The van der Waals surface area contributed by atoms with Gasteiger partial charge in [-0.3, -0.25) is 0 Å². The summed E-state index contributed by atoms with van der Waals surface area (Å²) in [4.78, 5) is 4.39. The summed E-state index contributed by atoms with van der Waals surface area (Å²) in [5.41, 5.74) is 0.0626. The molecule has 0 aliphatic carbocycles. The molecule has 9 heteroatoms. The Morgan fingerprint density at radius 1 is 1.00 bits per heavy atom. The molecule has 0 aromatic heterocycles. The minimum Gasteiger partial charge on any atom is -0.250 e. The Balaban J connectivity index is 2.37. The Morgan fingerprint density at radius 2 is 1.61 bits per heavy atom. The van der Waals surface area contributed by atoms with Crippen molar-refractivity contribution in [3.8, 4) is 0 Å². The van der Waals surface area contributed by atoms with Gasteiger partial charge in [0, 0.05) is 10.6 Å². The predicted molar refractivity (Wildman–Crippen MR) is 95.8 cm³/mol. The van der Waals surface area contributed by atoms with Gasteiger partial charge in [0.05, 0.1) is 11.3 Å². The van der Waals surface area contributed by atoms with Crippen molar-refractivity contribution in [3.05, 3.63) is 58.9 Å². The molecule has 0 aliphatic heterocycles. The molecule has 1 nitrogen and oxygen atoms in total. The molecule has 2 aromatic rings. The summed E-state index contributed by atoms with van der Waals surface area (Å²) in [6.45, 7) is 3.19. The Morgan fingerprint density at radius 3 is 2.11 bits per heavy atom. The van der Waals surface area contributed by atoms with Crippen molar-refractivity contribution in [2.75, 3.05) is 5.75 Å². The molecule has 0 amide bonds. The lowest BCUT2D eigenvalue weighted by Crippen LogP contribution is -2.10. The number of alkyl halides is 6. The molecule has 0 unspecified atom stereocenters. The van der Waals surface area contributed by atoms with Gasteiger partial charge in [-0.15, -0.1) is 11.8 Å². The van der Waals surface area contributed by atoms with Gasteiger partial charge >= 0.3 is 12.4 Å². The zero-order valence-electron chi connectivity index (χ0n) is 14.9. The summed E-state index contributed by atoms with van der Waals surface area (Å²) >= 11 is 0.526. The zero-order chi connectivity index (χ0) is 21.1. The topological polar surface area (TPSA) is 12.4 Å². The largest absolute Gasteiger partial charge is 0.416 e. The minimum absolute atomic E-state index is 0.160. The molecule has 0 fully saturated rings. The standard InChI is InChI=1S/C19H16F7NS/c1-3-15(12-4-6-13(7-5-12)19(24,25)26)27-16-9-17(11(2)8-14(16)20)28-10-18(21,22)23/h4-9H,3,10H2,1-2H3. The summed E-state index contributed by atoms with van der Waals surface area (Å²) in [5.74, 6) is -1.84. The van der Waals surface area contributed by atoms with E-state index in [1.165, 1.54) is 25.1 Å². The maximum absolute atomic E-state index is 14.3. The van der Waals surface area contributed by atoms with E-state index in [9.17, 15) is 30.7 Å². The van der Waals surface area contributed by atoms with Gasteiger partial charge in [-0.05, 0) is 48.7 Å². The first-order chi connectivity index (χ1) is 12.9. The maximum atomic E-state index is 14.3. The molecule has 0 atom stereocenters. The van der Waals surface area contributed by atoms with Crippen molar-refractivity contribution in [3.63, 3.8) is 0 Å². The van der Waals surface area contributed by atoms with Crippen LogP contribution in [-0.2, 0) is 6.18 Å². The highest BCUT2D eigenvalue weighted by molar-refractivity contribution is 7.99. The van der Waals surface area contributed by atoms with Gasteiger partial charge in [0.2, 0.25) is 0 Å². The number of thioether (sulfide) groups is 1. The van der Waals surface area contributed by atoms with Crippen molar-refractivity contribution in [1.82, 2.24) is 0 Å². The fraction of sp³-hybridized carbons (Fsp3) is 0.316. The summed E-state index contributed by atoms with van der Waals surface area (Å²) in [6, 6.07) is 6.58. The first-order valence-corrected chi connectivity index (χ1v) is 9.14. The Labute approximate surface area is 161 Å². The van der Waals surface area contributed by atoms with Crippen LogP contribution in [0.2, 0.25) is 0 Å². The van der Waals surface area contributed by atoms with Crippen molar-refractivity contribution in [2.24, 2.45) is 4.99 Å². The molecule has 2 aromatic carbocycles. The first-order valence-electron chi connectivity index (χ1n) is 8.15. The molecular weight excluding hydrogens is 407 g/mol. The lowest BCUT2D eigenvalue weighted by atomic mass is 10.1. The van der Waals surface area contributed by atoms with Gasteiger partial charge in [0.25, 0.3) is 0 Å². The van der Waals surface area contributed by atoms with E-state index in [1.54, 1.807) is 6.92 Å². The van der Waals surface area contributed by atoms with Crippen LogP contribution in [-0.4, -0.2) is 17.6 Å². The van der Waals surface area contributed by atoms with Crippen LogP contribution in [0.3, 0.4) is 0 Å². The Kier molecular flexibility index (Phi) is 6.80. The van der Waals surface area contributed by atoms with Gasteiger partial charge < -0.3 is 0 Å². The van der Waals surface area contributed by atoms with Gasteiger partial charge in [-0.25, -0.2) is 9.38 Å². The highest BCUT2D eigenvalue weighted by Crippen LogP contribution is 2.34. The first kappa shape index (κ1) is 22.3. The summed E-state index contributed by atoms with van der Waals surface area (Å²) < 4.78 is 89.6. The van der Waals surface area contributed by atoms with Crippen molar-refractivity contribution < 1.29 is 30.7 Å². The molecular formula is C19H16F7NS. The Hall–Kier alpha value is -2.03. The van der Waals surface area contributed by atoms with Crippen molar-refractivity contribution in [1.29, 1.82) is 0 Å². The second kappa shape index (κ2) is 8.55. The van der Waals surface area contributed by atoms with E-state index < -0.39 is 29.5 Å². The smallest absolute Gasteiger partial charge is 0.250 e. The SMILES string of the molecule is CCC(=Nc1cc(SCC(F)(F)F)c(C)cc1F)c1ccc(C(F)(F)F)cc1. The maximum Gasteiger partial charge on any atom is 0.416 e. The molecule has 0 N–H and O–H groups in total. The second-order valence-electron chi connectivity index (χ2n) is 5.96. The van der Waals surface area contributed by atoms with Crippen LogP contribution >= 0.6 is 11.8 Å². The third kappa shape index (κ3) is 5.98. The fourth-order valence-corrected chi connectivity index (χ4v) is 3.19. The molecule has 152 valence electrons. The van der Waals surface area contributed by atoms with E-state index in [2.05, 4.69) is 4.99 Å². The molecule has 0 heterocycles. The molecule has 0 saturated heterocycles. The van der Waals surface area contributed by atoms with Gasteiger partial charge in [0.15, 0.2) is 0 Å². The molecule has 28 heavy (non-hydrogen) atoms. The quantitative estimate of drug-likeness (QED) is 0.278. The van der Waals surface area contributed by atoms with E-state index in [0.29, 0.717) is 35.0 Å². The normalized spacial score (nSPS) is 13.1. The number of rotatable bonds is 5. The molecule has 2 rings (SSSR count). The lowest BCUT2D eigenvalue weighted by Gasteiger charge is -2.11. The molecule has 0 aliphatic rings. The van der Waals surface area contributed by atoms with E-state index in [0.717, 1.165) is 18.2 Å². The van der Waals surface area contributed by atoms with Gasteiger partial charge in [-0.2, -0.15) is 26.3 Å². The van der Waals surface area contributed by atoms with Crippen LogP contribution < -0.4 is 0 Å². The summed E-state index contributed by atoms with van der Waals surface area (Å²) in [7, 11) is 0. The Bertz CT molecular complexity index is 852. The third-order valence-corrected chi connectivity index (χ3v) is 4.99. The highest BCUT2D eigenvalue weighted by Gasteiger charge is 2.30. The van der Waals surface area contributed by atoms with Crippen LogP contribution in [0.1, 0.15) is 30.0 Å². The van der Waals surface area contributed by atoms with Crippen LogP contribution in [0.4, 0.5) is 36.4 Å².